The van der Waals surface area contributed by atoms with Crippen molar-refractivity contribution in [1.82, 2.24) is 0 Å². The van der Waals surface area contributed by atoms with E-state index >= 15 is 0 Å². The van der Waals surface area contributed by atoms with Gasteiger partial charge in [-0.15, -0.1) is 11.3 Å². The van der Waals surface area contributed by atoms with Crippen molar-refractivity contribution in [2.75, 3.05) is 5.73 Å². The van der Waals surface area contributed by atoms with Crippen molar-refractivity contribution in [2.24, 2.45) is 0 Å². The van der Waals surface area contributed by atoms with Crippen molar-refractivity contribution in [2.45, 2.75) is 6.42 Å². The summed E-state index contributed by atoms with van der Waals surface area (Å²) in [5.74, 6) is 0. The lowest BCUT2D eigenvalue weighted by Crippen LogP contribution is -1.86. The van der Waals surface area contributed by atoms with Gasteiger partial charge in [-0.1, -0.05) is 6.07 Å². The molecule has 2 N–H and O–H groups in total. The van der Waals surface area contributed by atoms with E-state index in [2.05, 4.69) is 28.7 Å². The number of hydrogen-bond acceptors (Lipinski definition) is 3. The van der Waals surface area contributed by atoms with Crippen LogP contribution in [-0.2, 0) is 6.42 Å². The molecular formula is C10H7IN2S. The zero-order valence-corrected chi connectivity index (χ0v) is 10.2. The van der Waals surface area contributed by atoms with E-state index in [0.29, 0.717) is 6.42 Å². The molecule has 14 heavy (non-hydrogen) atoms. The highest BCUT2D eigenvalue weighted by Crippen LogP contribution is 2.33. The smallest absolute Gasteiger partial charge is 0.0868 e. The lowest BCUT2D eigenvalue weighted by molar-refractivity contribution is 1.28. The Labute approximate surface area is 99.5 Å². The first kappa shape index (κ1) is 9.74. The lowest BCUT2D eigenvalue weighted by atomic mass is 10.1. The number of benzene rings is 1. The Morgan fingerprint density at radius 1 is 1.50 bits per heavy atom. The molecule has 0 unspecified atom stereocenters. The van der Waals surface area contributed by atoms with Gasteiger partial charge in [0, 0.05) is 8.27 Å². The summed E-state index contributed by atoms with van der Waals surface area (Å²) in [5, 5.41) is 10.7. The Hall–Kier alpha value is -0.800. The second kappa shape index (κ2) is 3.75. The number of nitrogens with zero attached hydrogens (tertiary/aromatic N) is 1. The highest BCUT2D eigenvalue weighted by atomic mass is 127. The number of nitrogen functional groups attached to an aromatic ring is 1. The maximum absolute atomic E-state index is 8.73. The molecule has 0 aliphatic rings. The van der Waals surface area contributed by atoms with Gasteiger partial charge in [0.2, 0.25) is 0 Å². The van der Waals surface area contributed by atoms with Crippen molar-refractivity contribution in [3.63, 3.8) is 0 Å². The predicted octanol–water partition coefficient (Wildman–Crippen LogP) is 3.15. The number of nitrogens with two attached hydrogens (primary N) is 1. The molecular weight excluding hydrogens is 307 g/mol. The molecule has 0 saturated heterocycles. The van der Waals surface area contributed by atoms with Crippen LogP contribution in [0.25, 0.3) is 10.1 Å². The van der Waals surface area contributed by atoms with Gasteiger partial charge < -0.3 is 5.73 Å². The third kappa shape index (κ3) is 1.57. The maximum atomic E-state index is 8.73. The number of rotatable bonds is 1. The summed E-state index contributed by atoms with van der Waals surface area (Å²) in [6.07, 6.45) is 0.454. The second-order valence-electron chi connectivity index (χ2n) is 2.93. The molecule has 0 fully saturated rings. The van der Waals surface area contributed by atoms with Gasteiger partial charge in [0.25, 0.3) is 0 Å². The van der Waals surface area contributed by atoms with Gasteiger partial charge in [0.05, 0.1) is 17.5 Å². The first-order valence-electron chi connectivity index (χ1n) is 4.05. The highest BCUT2D eigenvalue weighted by Gasteiger charge is 2.08. The van der Waals surface area contributed by atoms with Crippen molar-refractivity contribution in [3.05, 3.63) is 27.3 Å². The largest absolute Gasteiger partial charge is 0.391 e. The third-order valence-corrected chi connectivity index (χ3v) is 4.06. The molecule has 0 amide bonds. The standard InChI is InChI=1S/C10H7IN2S/c11-8-2-1-6-5-9(13)14-10(6)7(8)3-4-12/h1-2,5H,3,13H2. The molecule has 0 saturated carbocycles. The molecule has 0 atom stereocenters. The number of fused-ring (bicyclic) bond motifs is 1. The van der Waals surface area contributed by atoms with Crippen LogP contribution < -0.4 is 5.73 Å². The number of anilines is 1. The molecule has 4 heteroatoms. The molecule has 1 aromatic carbocycles. The van der Waals surface area contributed by atoms with E-state index in [4.69, 9.17) is 11.0 Å². The Bertz CT molecular complexity index is 525. The summed E-state index contributed by atoms with van der Waals surface area (Å²) in [7, 11) is 0. The van der Waals surface area contributed by atoms with Crippen LogP contribution in [0.4, 0.5) is 5.00 Å². The fraction of sp³-hybridized carbons (Fsp3) is 0.100. The van der Waals surface area contributed by atoms with Crippen molar-refractivity contribution in [3.8, 4) is 6.07 Å². The monoisotopic (exact) mass is 314 g/mol. The van der Waals surface area contributed by atoms with Crippen molar-refractivity contribution >= 4 is 49.0 Å². The number of thiophene rings is 1. The molecule has 0 bridgehead atoms. The molecule has 70 valence electrons. The molecule has 2 rings (SSSR count). The van der Waals surface area contributed by atoms with E-state index in [1.807, 2.05) is 18.2 Å². The van der Waals surface area contributed by atoms with Crippen LogP contribution >= 0.6 is 33.9 Å². The zero-order chi connectivity index (χ0) is 10.1. The van der Waals surface area contributed by atoms with Gasteiger partial charge in [-0.05, 0) is 45.7 Å². The van der Waals surface area contributed by atoms with Gasteiger partial charge in [-0.25, -0.2) is 0 Å². The van der Waals surface area contributed by atoms with Gasteiger partial charge in [-0.2, -0.15) is 5.26 Å². The fourth-order valence-electron chi connectivity index (χ4n) is 1.40. The van der Waals surface area contributed by atoms with Gasteiger partial charge >= 0.3 is 0 Å². The van der Waals surface area contributed by atoms with E-state index in [0.717, 1.165) is 24.2 Å². The molecule has 0 aliphatic heterocycles. The van der Waals surface area contributed by atoms with E-state index in [9.17, 15) is 0 Å². The molecule has 2 aromatic rings. The molecule has 2 nitrogen and oxygen atoms in total. The summed E-state index contributed by atoms with van der Waals surface area (Å²) in [6, 6.07) is 8.22. The Kier molecular flexibility index (Phi) is 2.61. The van der Waals surface area contributed by atoms with Crippen LogP contribution in [0.5, 0.6) is 0 Å². The highest BCUT2D eigenvalue weighted by molar-refractivity contribution is 14.1. The Balaban J connectivity index is 2.76. The number of hydrogen-bond donors (Lipinski definition) is 1. The van der Waals surface area contributed by atoms with E-state index < -0.39 is 0 Å². The minimum Gasteiger partial charge on any atom is -0.391 e. The summed E-state index contributed by atoms with van der Waals surface area (Å²) in [4.78, 5) is 0. The molecule has 1 heterocycles. The van der Waals surface area contributed by atoms with Gasteiger partial charge in [0.15, 0.2) is 0 Å². The van der Waals surface area contributed by atoms with Crippen molar-refractivity contribution < 1.29 is 0 Å². The maximum Gasteiger partial charge on any atom is 0.0868 e. The second-order valence-corrected chi connectivity index (χ2v) is 5.17. The summed E-state index contributed by atoms with van der Waals surface area (Å²) >= 11 is 3.81. The summed E-state index contributed by atoms with van der Waals surface area (Å²) < 4.78 is 2.29. The minimum absolute atomic E-state index is 0.454. The Morgan fingerprint density at radius 2 is 2.29 bits per heavy atom. The SMILES string of the molecule is N#CCc1c(I)ccc2cc(N)sc12. The topological polar surface area (TPSA) is 49.8 Å². The zero-order valence-electron chi connectivity index (χ0n) is 7.25. The number of halogens is 1. The Morgan fingerprint density at radius 3 is 3.00 bits per heavy atom. The fourth-order valence-corrected chi connectivity index (χ4v) is 3.20. The van der Waals surface area contributed by atoms with Crippen LogP contribution in [0, 0.1) is 14.9 Å². The minimum atomic E-state index is 0.454. The average Bonchev–Trinajstić information content (AvgIpc) is 2.51. The van der Waals surface area contributed by atoms with E-state index in [-0.39, 0.29) is 0 Å². The quantitative estimate of drug-likeness (QED) is 0.822. The van der Waals surface area contributed by atoms with Crippen LogP contribution in [0.2, 0.25) is 0 Å². The molecule has 1 aromatic heterocycles. The summed E-state index contributed by atoms with van der Waals surface area (Å²) in [5.41, 5.74) is 6.84. The molecule has 0 radical (unpaired) electrons. The van der Waals surface area contributed by atoms with Crippen LogP contribution in [-0.4, -0.2) is 0 Å². The van der Waals surface area contributed by atoms with Gasteiger partial charge in [-0.3, -0.25) is 0 Å². The van der Waals surface area contributed by atoms with Crippen LogP contribution in [0.1, 0.15) is 5.56 Å². The molecule has 0 aliphatic carbocycles. The molecule has 0 spiro atoms. The lowest BCUT2D eigenvalue weighted by Gasteiger charge is -2.00. The normalized spacial score (nSPS) is 10.3. The first-order valence-corrected chi connectivity index (χ1v) is 5.95. The van der Waals surface area contributed by atoms with Crippen molar-refractivity contribution in [1.29, 1.82) is 5.26 Å². The predicted molar refractivity (Wildman–Crippen MR) is 68.3 cm³/mol. The third-order valence-electron chi connectivity index (χ3n) is 2.01. The average molecular weight is 314 g/mol. The van der Waals surface area contributed by atoms with Gasteiger partial charge in [0.1, 0.15) is 0 Å². The van der Waals surface area contributed by atoms with Crippen LogP contribution in [0.3, 0.4) is 0 Å². The number of nitriles is 1. The van der Waals surface area contributed by atoms with Crippen LogP contribution in [0.15, 0.2) is 18.2 Å². The van der Waals surface area contributed by atoms with E-state index in [1.165, 1.54) is 0 Å². The summed E-state index contributed by atoms with van der Waals surface area (Å²) in [6.45, 7) is 0. The first-order chi connectivity index (χ1) is 6.72. The van der Waals surface area contributed by atoms with E-state index in [1.54, 1.807) is 11.3 Å².